The van der Waals surface area contributed by atoms with E-state index in [0.717, 1.165) is 50.5 Å². The highest BCUT2D eigenvalue weighted by Crippen LogP contribution is 2.56. The van der Waals surface area contributed by atoms with Gasteiger partial charge in [-0.25, -0.2) is 4.98 Å². The van der Waals surface area contributed by atoms with Gasteiger partial charge < -0.3 is 19.5 Å². The van der Waals surface area contributed by atoms with E-state index < -0.39 is 0 Å². The van der Waals surface area contributed by atoms with Gasteiger partial charge in [-0.05, 0) is 56.8 Å². The molecule has 4 rings (SSSR count). The van der Waals surface area contributed by atoms with Gasteiger partial charge in [-0.1, -0.05) is 18.2 Å². The fourth-order valence-electron chi connectivity index (χ4n) is 4.28. The summed E-state index contributed by atoms with van der Waals surface area (Å²) in [6.45, 7) is 5.67. The summed E-state index contributed by atoms with van der Waals surface area (Å²) in [5.41, 5.74) is 0.289. The van der Waals surface area contributed by atoms with Crippen LogP contribution in [-0.4, -0.2) is 46.1 Å². The molecule has 2 heterocycles. The number of rotatable bonds is 7. The van der Waals surface area contributed by atoms with Crippen molar-refractivity contribution in [3.8, 4) is 5.75 Å². The van der Waals surface area contributed by atoms with Gasteiger partial charge in [0, 0.05) is 25.0 Å². The summed E-state index contributed by atoms with van der Waals surface area (Å²) in [7, 11) is 0. The van der Waals surface area contributed by atoms with Crippen LogP contribution in [0.4, 0.5) is 0 Å². The van der Waals surface area contributed by atoms with E-state index in [1.807, 2.05) is 47.6 Å². The number of imidazole rings is 1. The highest BCUT2D eigenvalue weighted by Gasteiger charge is 2.57. The van der Waals surface area contributed by atoms with Gasteiger partial charge in [0.2, 0.25) is 0 Å². The molecular weight excluding hydrogens is 340 g/mol. The second kappa shape index (κ2) is 7.72. The lowest BCUT2D eigenvalue weighted by atomic mass is 9.93. The number of para-hydroxylation sites is 1. The first-order chi connectivity index (χ1) is 13.2. The molecule has 144 valence electrons. The summed E-state index contributed by atoms with van der Waals surface area (Å²) >= 11 is 0. The Labute approximate surface area is 160 Å². The van der Waals surface area contributed by atoms with Crippen LogP contribution in [0.25, 0.3) is 0 Å². The van der Waals surface area contributed by atoms with Crippen molar-refractivity contribution in [1.82, 2.24) is 19.8 Å². The van der Waals surface area contributed by atoms with Gasteiger partial charge in [0.15, 0.2) is 6.61 Å². The van der Waals surface area contributed by atoms with E-state index in [1.165, 1.54) is 0 Å². The normalized spacial score (nSPS) is 20.4. The molecule has 1 saturated carbocycles. The zero-order valence-corrected chi connectivity index (χ0v) is 15.9. The molecule has 0 unspecified atom stereocenters. The molecule has 1 aromatic heterocycles. The van der Waals surface area contributed by atoms with E-state index in [1.54, 1.807) is 0 Å². The third kappa shape index (κ3) is 3.86. The SMILES string of the molecule is CCn1ccnc1CN(C(=O)COc1ccccc1)[C@H]1CC12CCNCC2. The summed E-state index contributed by atoms with van der Waals surface area (Å²) in [4.78, 5) is 19.6. The van der Waals surface area contributed by atoms with Crippen molar-refractivity contribution in [2.75, 3.05) is 19.7 Å². The molecule has 1 amide bonds. The quantitative estimate of drug-likeness (QED) is 0.816. The van der Waals surface area contributed by atoms with Crippen molar-refractivity contribution >= 4 is 5.91 Å². The van der Waals surface area contributed by atoms with Crippen LogP contribution in [0.5, 0.6) is 5.75 Å². The largest absolute Gasteiger partial charge is 0.484 e. The lowest BCUT2D eigenvalue weighted by Crippen LogP contribution is -2.41. The molecule has 1 aliphatic carbocycles. The second-order valence-electron chi connectivity index (χ2n) is 7.59. The minimum atomic E-state index is 0.0462. The smallest absolute Gasteiger partial charge is 0.261 e. The highest BCUT2D eigenvalue weighted by atomic mass is 16.5. The minimum absolute atomic E-state index is 0.0462. The van der Waals surface area contributed by atoms with E-state index >= 15 is 0 Å². The molecule has 1 spiro atoms. The summed E-state index contributed by atoms with van der Waals surface area (Å²) < 4.78 is 7.85. The predicted molar refractivity (Wildman–Crippen MR) is 103 cm³/mol. The Morgan fingerprint density at radius 2 is 2.11 bits per heavy atom. The van der Waals surface area contributed by atoms with Crippen LogP contribution in [0.1, 0.15) is 32.0 Å². The first kappa shape index (κ1) is 18.0. The zero-order chi connectivity index (χ0) is 18.7. The van der Waals surface area contributed by atoms with Crippen LogP contribution in [-0.2, 0) is 17.9 Å². The lowest BCUT2D eigenvalue weighted by molar-refractivity contribution is -0.135. The third-order valence-electron chi connectivity index (χ3n) is 6.00. The van der Waals surface area contributed by atoms with Crippen molar-refractivity contribution in [3.05, 3.63) is 48.5 Å². The second-order valence-corrected chi connectivity index (χ2v) is 7.59. The summed E-state index contributed by atoms with van der Waals surface area (Å²) in [6.07, 6.45) is 7.17. The molecular formula is C21H28N4O2. The zero-order valence-electron chi connectivity index (χ0n) is 15.9. The van der Waals surface area contributed by atoms with Crippen LogP contribution < -0.4 is 10.1 Å². The average molecular weight is 368 g/mol. The summed E-state index contributed by atoms with van der Waals surface area (Å²) in [5.74, 6) is 1.72. The predicted octanol–water partition coefficient (Wildman–Crippen LogP) is 2.45. The van der Waals surface area contributed by atoms with Gasteiger partial charge in [-0.3, -0.25) is 4.79 Å². The van der Waals surface area contributed by atoms with Gasteiger partial charge in [-0.15, -0.1) is 0 Å². The van der Waals surface area contributed by atoms with Crippen molar-refractivity contribution in [2.45, 2.75) is 45.3 Å². The van der Waals surface area contributed by atoms with Crippen molar-refractivity contribution in [2.24, 2.45) is 5.41 Å². The topological polar surface area (TPSA) is 59.4 Å². The first-order valence-electron chi connectivity index (χ1n) is 9.90. The standard InChI is InChI=1S/C21H28N4O2/c1-2-24-13-12-23-19(24)15-25(18-14-21(18)8-10-22-11-9-21)20(26)16-27-17-6-4-3-5-7-17/h3-7,12-13,18,22H,2,8-11,14-16H2,1H3/t18-/m0/s1. The molecule has 6 heteroatoms. The molecule has 1 aliphatic heterocycles. The number of hydrogen-bond acceptors (Lipinski definition) is 4. The maximum Gasteiger partial charge on any atom is 0.261 e. The number of carbonyl (C=O) groups is 1. The Bertz CT molecular complexity index is 767. The van der Waals surface area contributed by atoms with Crippen LogP contribution in [0.2, 0.25) is 0 Å². The Hall–Kier alpha value is -2.34. The third-order valence-corrected chi connectivity index (χ3v) is 6.00. The Balaban J connectivity index is 1.48. The number of nitrogens with zero attached hydrogens (tertiary/aromatic N) is 3. The molecule has 2 aliphatic rings. The number of benzene rings is 1. The van der Waals surface area contributed by atoms with Gasteiger partial charge >= 0.3 is 0 Å². The van der Waals surface area contributed by atoms with Gasteiger partial charge in [0.05, 0.1) is 6.54 Å². The Kier molecular flexibility index (Phi) is 5.16. The summed E-state index contributed by atoms with van der Waals surface area (Å²) in [5, 5.41) is 3.43. The van der Waals surface area contributed by atoms with Gasteiger partial charge in [0.25, 0.3) is 5.91 Å². The molecule has 2 fully saturated rings. The van der Waals surface area contributed by atoms with Gasteiger partial charge in [0.1, 0.15) is 11.6 Å². The maximum absolute atomic E-state index is 13.1. The maximum atomic E-state index is 13.1. The first-order valence-corrected chi connectivity index (χ1v) is 9.90. The van der Waals surface area contributed by atoms with Crippen LogP contribution in [0.3, 0.4) is 0 Å². The molecule has 6 nitrogen and oxygen atoms in total. The lowest BCUT2D eigenvalue weighted by Gasteiger charge is -2.29. The number of hydrogen-bond donors (Lipinski definition) is 1. The number of nitrogens with one attached hydrogen (secondary N) is 1. The van der Waals surface area contributed by atoms with Crippen molar-refractivity contribution in [3.63, 3.8) is 0 Å². The Morgan fingerprint density at radius 1 is 1.33 bits per heavy atom. The van der Waals surface area contributed by atoms with Crippen LogP contribution in [0.15, 0.2) is 42.7 Å². The van der Waals surface area contributed by atoms with Crippen LogP contribution in [0, 0.1) is 5.41 Å². The Morgan fingerprint density at radius 3 is 2.85 bits per heavy atom. The van der Waals surface area contributed by atoms with Crippen molar-refractivity contribution in [1.29, 1.82) is 0 Å². The van der Waals surface area contributed by atoms with E-state index in [0.29, 0.717) is 12.6 Å². The van der Waals surface area contributed by atoms with Gasteiger partial charge in [-0.2, -0.15) is 0 Å². The van der Waals surface area contributed by atoms with E-state index in [2.05, 4.69) is 21.8 Å². The molecule has 27 heavy (non-hydrogen) atoms. The molecule has 1 saturated heterocycles. The van der Waals surface area contributed by atoms with E-state index in [-0.39, 0.29) is 17.9 Å². The number of piperidine rings is 1. The van der Waals surface area contributed by atoms with E-state index in [4.69, 9.17) is 4.74 Å². The van der Waals surface area contributed by atoms with E-state index in [9.17, 15) is 4.79 Å². The molecule has 2 aromatic rings. The molecule has 0 bridgehead atoms. The molecule has 1 atom stereocenters. The number of aromatic nitrogens is 2. The fourth-order valence-corrected chi connectivity index (χ4v) is 4.28. The number of ether oxygens (including phenoxy) is 1. The number of aryl methyl sites for hydroxylation is 1. The molecule has 1 aromatic carbocycles. The average Bonchev–Trinajstić information content (AvgIpc) is 3.18. The summed E-state index contributed by atoms with van der Waals surface area (Å²) in [6, 6.07) is 9.84. The van der Waals surface area contributed by atoms with Crippen molar-refractivity contribution < 1.29 is 9.53 Å². The minimum Gasteiger partial charge on any atom is -0.484 e. The van der Waals surface area contributed by atoms with Crippen LogP contribution >= 0.6 is 0 Å². The number of carbonyl (C=O) groups excluding carboxylic acids is 1. The molecule has 1 N–H and O–H groups in total. The fraction of sp³-hybridized carbons (Fsp3) is 0.524. The number of amides is 1. The molecule has 0 radical (unpaired) electrons. The monoisotopic (exact) mass is 368 g/mol. The highest BCUT2D eigenvalue weighted by molar-refractivity contribution is 5.78.